The molecule has 35 heavy (non-hydrogen) atoms. The number of thiophene rings is 1. The van der Waals surface area contributed by atoms with Gasteiger partial charge in [0.15, 0.2) is 5.82 Å². The van der Waals surface area contributed by atoms with E-state index in [9.17, 15) is 9.59 Å². The van der Waals surface area contributed by atoms with E-state index >= 15 is 0 Å². The van der Waals surface area contributed by atoms with Gasteiger partial charge in [0, 0.05) is 38.3 Å². The fourth-order valence-corrected chi connectivity index (χ4v) is 4.64. The molecule has 1 aliphatic rings. The first-order chi connectivity index (χ1) is 17.1. The summed E-state index contributed by atoms with van der Waals surface area (Å²) in [6, 6.07) is 20.9. The van der Waals surface area contributed by atoms with Gasteiger partial charge in [0.2, 0.25) is 5.82 Å². The van der Waals surface area contributed by atoms with Crippen molar-refractivity contribution in [3.8, 4) is 16.4 Å². The van der Waals surface area contributed by atoms with Crippen LogP contribution in [0.1, 0.15) is 26.5 Å². The van der Waals surface area contributed by atoms with E-state index in [1.54, 1.807) is 16.0 Å². The fourth-order valence-electron chi connectivity index (χ4n) is 3.94. The molecule has 0 atom stereocenters. The highest BCUT2D eigenvalue weighted by Crippen LogP contribution is 2.25. The van der Waals surface area contributed by atoms with Crippen molar-refractivity contribution in [3.63, 3.8) is 0 Å². The number of para-hydroxylation sites is 1. The standard InChI is InChI=1S/C26H26N6O2S/c1-30-13-15-31(16-14-30)26(34)20-11-9-19(10-12-20)18-27-25(33)23-28-24(22-8-5-17-35-22)32(29-23)21-6-3-2-4-7-21/h2-12,17H,13-16,18H2,1H3,(H,27,33). The maximum Gasteiger partial charge on any atom is 0.291 e. The molecule has 1 fully saturated rings. The van der Waals surface area contributed by atoms with Crippen LogP contribution in [0.2, 0.25) is 0 Å². The molecule has 0 spiro atoms. The van der Waals surface area contributed by atoms with Gasteiger partial charge in [-0.2, -0.15) is 0 Å². The minimum absolute atomic E-state index is 0.0467. The Morgan fingerprint density at radius 1 is 0.943 bits per heavy atom. The predicted octanol–water partition coefficient (Wildman–Crippen LogP) is 3.31. The number of aromatic nitrogens is 3. The lowest BCUT2D eigenvalue weighted by molar-refractivity contribution is 0.0664. The molecule has 0 bridgehead atoms. The lowest BCUT2D eigenvalue weighted by Crippen LogP contribution is -2.47. The van der Waals surface area contributed by atoms with E-state index in [4.69, 9.17) is 0 Å². The number of carbonyl (C=O) groups is 2. The normalized spacial score (nSPS) is 14.1. The average Bonchev–Trinajstić information content (AvgIpc) is 3.59. The van der Waals surface area contributed by atoms with E-state index < -0.39 is 0 Å². The van der Waals surface area contributed by atoms with Crippen LogP contribution in [-0.2, 0) is 6.54 Å². The van der Waals surface area contributed by atoms with E-state index in [0.717, 1.165) is 42.3 Å². The van der Waals surface area contributed by atoms with Crippen LogP contribution in [0.3, 0.4) is 0 Å². The van der Waals surface area contributed by atoms with Gasteiger partial charge in [-0.05, 0) is 48.3 Å². The SMILES string of the molecule is CN1CCN(C(=O)c2ccc(CNC(=O)c3nc(-c4cccs4)n(-c4ccccc4)n3)cc2)CC1. The van der Waals surface area contributed by atoms with Crippen molar-refractivity contribution in [1.29, 1.82) is 0 Å². The highest BCUT2D eigenvalue weighted by Gasteiger charge is 2.21. The fraction of sp³-hybridized carbons (Fsp3) is 0.231. The van der Waals surface area contributed by atoms with Gasteiger partial charge in [-0.15, -0.1) is 16.4 Å². The van der Waals surface area contributed by atoms with Gasteiger partial charge in [0.1, 0.15) is 0 Å². The first-order valence-electron chi connectivity index (χ1n) is 11.5. The lowest BCUT2D eigenvalue weighted by atomic mass is 10.1. The summed E-state index contributed by atoms with van der Waals surface area (Å²) in [5.41, 5.74) is 2.39. The second-order valence-corrected chi connectivity index (χ2v) is 9.41. The zero-order chi connectivity index (χ0) is 24.2. The molecule has 4 aromatic rings. The largest absolute Gasteiger partial charge is 0.345 e. The number of hydrogen-bond donors (Lipinski definition) is 1. The van der Waals surface area contributed by atoms with E-state index in [-0.39, 0.29) is 17.6 Å². The zero-order valence-corrected chi connectivity index (χ0v) is 20.2. The van der Waals surface area contributed by atoms with Gasteiger partial charge in [-0.3, -0.25) is 9.59 Å². The van der Waals surface area contributed by atoms with Crippen molar-refractivity contribution in [3.05, 3.63) is 89.1 Å². The molecule has 0 radical (unpaired) electrons. The number of likely N-dealkylation sites (N-methyl/N-ethyl adjacent to an activating group) is 1. The molecule has 2 amide bonds. The summed E-state index contributed by atoms with van der Waals surface area (Å²) in [6.45, 7) is 3.57. The van der Waals surface area contributed by atoms with Crippen LogP contribution in [0.25, 0.3) is 16.4 Å². The second kappa shape index (κ2) is 10.2. The Morgan fingerprint density at radius 2 is 1.69 bits per heavy atom. The molecular weight excluding hydrogens is 460 g/mol. The van der Waals surface area contributed by atoms with Gasteiger partial charge in [0.05, 0.1) is 10.6 Å². The number of piperazine rings is 1. The van der Waals surface area contributed by atoms with Gasteiger partial charge in [-0.1, -0.05) is 36.4 Å². The summed E-state index contributed by atoms with van der Waals surface area (Å²) in [5.74, 6) is 0.433. The Kier molecular flexibility index (Phi) is 6.69. The van der Waals surface area contributed by atoms with E-state index in [1.807, 2.05) is 77.0 Å². The van der Waals surface area contributed by atoms with Crippen molar-refractivity contribution in [1.82, 2.24) is 29.9 Å². The number of carbonyl (C=O) groups excluding carboxylic acids is 2. The van der Waals surface area contributed by atoms with E-state index in [2.05, 4.69) is 27.3 Å². The van der Waals surface area contributed by atoms with Crippen molar-refractivity contribution >= 4 is 23.2 Å². The first-order valence-corrected chi connectivity index (χ1v) is 12.4. The molecule has 1 N–H and O–H groups in total. The molecule has 3 heterocycles. The number of nitrogens with one attached hydrogen (secondary N) is 1. The molecule has 1 saturated heterocycles. The smallest absolute Gasteiger partial charge is 0.291 e. The number of rotatable bonds is 6. The summed E-state index contributed by atoms with van der Waals surface area (Å²) in [7, 11) is 2.07. The molecule has 2 aromatic carbocycles. The quantitative estimate of drug-likeness (QED) is 0.452. The van der Waals surface area contributed by atoms with Gasteiger partial charge >= 0.3 is 0 Å². The molecule has 178 valence electrons. The molecule has 1 aliphatic heterocycles. The van der Waals surface area contributed by atoms with E-state index in [0.29, 0.717) is 17.9 Å². The maximum absolute atomic E-state index is 12.9. The minimum Gasteiger partial charge on any atom is -0.345 e. The van der Waals surface area contributed by atoms with Crippen LogP contribution in [0.15, 0.2) is 72.1 Å². The van der Waals surface area contributed by atoms with Gasteiger partial charge in [0.25, 0.3) is 11.8 Å². The molecule has 0 saturated carbocycles. The summed E-state index contributed by atoms with van der Waals surface area (Å²) in [4.78, 5) is 35.2. The predicted molar refractivity (Wildman–Crippen MR) is 136 cm³/mol. The number of hydrogen-bond acceptors (Lipinski definition) is 6. The van der Waals surface area contributed by atoms with Gasteiger partial charge < -0.3 is 15.1 Å². The molecule has 9 heteroatoms. The van der Waals surface area contributed by atoms with Crippen LogP contribution in [0.4, 0.5) is 0 Å². The van der Waals surface area contributed by atoms with Crippen molar-refractivity contribution in [2.45, 2.75) is 6.54 Å². The van der Waals surface area contributed by atoms with Crippen LogP contribution in [0.5, 0.6) is 0 Å². The Morgan fingerprint density at radius 3 is 2.37 bits per heavy atom. The van der Waals surface area contributed by atoms with Gasteiger partial charge in [-0.25, -0.2) is 9.67 Å². The summed E-state index contributed by atoms with van der Waals surface area (Å²) in [6.07, 6.45) is 0. The third-order valence-corrected chi connectivity index (χ3v) is 6.86. The summed E-state index contributed by atoms with van der Waals surface area (Å²) in [5, 5.41) is 9.35. The van der Waals surface area contributed by atoms with Crippen LogP contribution < -0.4 is 5.32 Å². The number of nitrogens with zero attached hydrogens (tertiary/aromatic N) is 5. The maximum atomic E-state index is 12.9. The topological polar surface area (TPSA) is 83.4 Å². The summed E-state index contributed by atoms with van der Waals surface area (Å²) >= 11 is 1.55. The van der Waals surface area contributed by atoms with Crippen molar-refractivity contribution in [2.24, 2.45) is 0 Å². The Hall–Kier alpha value is -3.82. The second-order valence-electron chi connectivity index (χ2n) is 8.46. The van der Waals surface area contributed by atoms with Crippen molar-refractivity contribution < 1.29 is 9.59 Å². The molecular formula is C26H26N6O2S. The Balaban J connectivity index is 1.26. The minimum atomic E-state index is -0.352. The van der Waals surface area contributed by atoms with Crippen LogP contribution in [0, 0.1) is 0 Å². The molecule has 5 rings (SSSR count). The van der Waals surface area contributed by atoms with Crippen LogP contribution in [-0.4, -0.2) is 69.6 Å². The third kappa shape index (κ3) is 5.16. The molecule has 0 unspecified atom stereocenters. The summed E-state index contributed by atoms with van der Waals surface area (Å²) < 4.78 is 1.69. The number of amides is 2. The van der Waals surface area contributed by atoms with Crippen molar-refractivity contribution in [2.75, 3.05) is 33.2 Å². The lowest BCUT2D eigenvalue weighted by Gasteiger charge is -2.32. The molecule has 8 nitrogen and oxygen atoms in total. The van der Waals surface area contributed by atoms with Crippen LogP contribution >= 0.6 is 11.3 Å². The highest BCUT2D eigenvalue weighted by atomic mass is 32.1. The molecule has 0 aliphatic carbocycles. The third-order valence-electron chi connectivity index (χ3n) is 6.00. The zero-order valence-electron chi connectivity index (χ0n) is 19.4. The first kappa shape index (κ1) is 22.9. The Labute approximate surface area is 207 Å². The van der Waals surface area contributed by atoms with E-state index in [1.165, 1.54) is 0 Å². The average molecular weight is 487 g/mol. The Bertz CT molecular complexity index is 1290. The monoisotopic (exact) mass is 486 g/mol. The number of benzene rings is 2. The highest BCUT2D eigenvalue weighted by molar-refractivity contribution is 7.13. The molecule has 2 aromatic heterocycles.